The minimum absolute atomic E-state index is 0.0391. The fraction of sp³-hybridized carbons (Fsp3) is 0.412. The van der Waals surface area contributed by atoms with E-state index in [1.165, 1.54) is 17.0 Å². The van der Waals surface area contributed by atoms with Gasteiger partial charge in [-0.05, 0) is 32.4 Å². The van der Waals surface area contributed by atoms with Crippen LogP contribution in [0.5, 0.6) is 5.75 Å². The molecule has 0 aliphatic carbocycles. The summed E-state index contributed by atoms with van der Waals surface area (Å²) < 4.78 is 5.43. The molecule has 0 saturated carbocycles. The summed E-state index contributed by atoms with van der Waals surface area (Å²) in [7, 11) is 0. The highest BCUT2D eigenvalue weighted by Crippen LogP contribution is 2.45. The van der Waals surface area contributed by atoms with Crippen LogP contribution in [0.1, 0.15) is 42.7 Å². The number of phenolic OH excluding ortho intramolecular Hbond substituents is 1. The van der Waals surface area contributed by atoms with Gasteiger partial charge in [0.1, 0.15) is 17.0 Å². The van der Waals surface area contributed by atoms with Crippen molar-refractivity contribution in [3.05, 3.63) is 23.4 Å². The molecule has 0 saturated heterocycles. The lowest BCUT2D eigenvalue weighted by molar-refractivity contribution is 0.0581. The number of ether oxygens (including phenoxy) is 1. The average molecular weight is 367 g/mol. The summed E-state index contributed by atoms with van der Waals surface area (Å²) in [6.45, 7) is 5.62. The normalized spacial score (nSPS) is 17.0. The molecule has 1 amide bonds. The molecule has 134 valence electrons. The fourth-order valence-corrected chi connectivity index (χ4v) is 3.33. The van der Waals surface area contributed by atoms with Gasteiger partial charge in [-0.3, -0.25) is 4.90 Å². The number of carboxylic acid groups (broad SMARTS) is 1. The highest BCUT2D eigenvalue weighted by Gasteiger charge is 2.37. The van der Waals surface area contributed by atoms with Gasteiger partial charge in [0.2, 0.25) is 0 Å². The van der Waals surface area contributed by atoms with Gasteiger partial charge in [0.25, 0.3) is 0 Å². The summed E-state index contributed by atoms with van der Waals surface area (Å²) in [4.78, 5) is 27.9. The maximum absolute atomic E-state index is 12.5. The lowest BCUT2D eigenvalue weighted by Gasteiger charge is -2.25. The Bertz CT molecular complexity index is 868. The molecule has 2 aromatic rings. The Morgan fingerprint density at radius 3 is 2.64 bits per heavy atom. The first-order valence-corrected chi connectivity index (χ1v) is 8.34. The number of alkyl halides is 1. The van der Waals surface area contributed by atoms with Crippen molar-refractivity contribution in [1.82, 2.24) is 4.98 Å². The number of hydrogen-bond acceptors (Lipinski definition) is 4. The molecule has 0 unspecified atom stereocenters. The summed E-state index contributed by atoms with van der Waals surface area (Å²) in [5.74, 6) is -1.21. The van der Waals surface area contributed by atoms with E-state index in [9.17, 15) is 19.8 Å². The number of anilines is 1. The molecule has 0 radical (unpaired) electrons. The predicted octanol–water partition coefficient (Wildman–Crippen LogP) is 3.65. The number of nitrogens with one attached hydrogen (secondary N) is 1. The first kappa shape index (κ1) is 17.4. The van der Waals surface area contributed by atoms with Crippen molar-refractivity contribution in [2.24, 2.45) is 0 Å². The number of aromatic hydroxyl groups is 1. The van der Waals surface area contributed by atoms with Crippen LogP contribution in [0.15, 0.2) is 12.1 Å². The molecule has 0 fully saturated rings. The summed E-state index contributed by atoms with van der Waals surface area (Å²) in [5, 5.41) is 20.0. The highest BCUT2D eigenvalue weighted by atomic mass is 35.5. The van der Waals surface area contributed by atoms with Crippen LogP contribution in [-0.2, 0) is 4.74 Å². The zero-order chi connectivity index (χ0) is 18.5. The van der Waals surface area contributed by atoms with Gasteiger partial charge in [-0.1, -0.05) is 0 Å². The number of aromatic carboxylic acids is 1. The fourth-order valence-electron chi connectivity index (χ4n) is 3.08. The maximum atomic E-state index is 12.5. The van der Waals surface area contributed by atoms with Gasteiger partial charge in [-0.15, -0.1) is 11.6 Å². The smallest absolute Gasteiger partial charge is 0.414 e. The third kappa shape index (κ3) is 3.00. The number of hydrogen-bond donors (Lipinski definition) is 3. The lowest BCUT2D eigenvalue weighted by atomic mass is 9.98. The largest absolute Gasteiger partial charge is 0.506 e. The first-order valence-electron chi connectivity index (χ1n) is 7.80. The summed E-state index contributed by atoms with van der Waals surface area (Å²) in [6, 6.07) is 2.89. The number of H-pyrrole nitrogens is 1. The molecular formula is C17H19ClN2O5. The van der Waals surface area contributed by atoms with Crippen LogP contribution in [0.25, 0.3) is 10.9 Å². The molecule has 0 spiro atoms. The van der Waals surface area contributed by atoms with Crippen LogP contribution in [0, 0.1) is 0 Å². The number of carbonyl (C=O) groups is 2. The number of carbonyl (C=O) groups excluding carboxylic acids is 1. The van der Waals surface area contributed by atoms with Crippen molar-refractivity contribution in [3.8, 4) is 5.75 Å². The van der Waals surface area contributed by atoms with Crippen molar-refractivity contribution in [1.29, 1.82) is 0 Å². The maximum Gasteiger partial charge on any atom is 0.414 e. The standard InChI is InChI=1S/C17H19ClN2O5/c1-17(2,3)25-16(24)20-7-8(6-18)13-9-4-10(15(22)23)19-14(9)12(21)5-11(13)20/h4-5,8,19,21H,6-7H2,1-3H3,(H,22,23)/t8-/m1/s1. The van der Waals surface area contributed by atoms with Crippen molar-refractivity contribution < 1.29 is 24.5 Å². The minimum atomic E-state index is -1.13. The van der Waals surface area contributed by atoms with Crippen molar-refractivity contribution in [2.45, 2.75) is 32.3 Å². The number of carboxylic acids is 1. The molecule has 2 heterocycles. The van der Waals surface area contributed by atoms with E-state index in [2.05, 4.69) is 4.98 Å². The summed E-state index contributed by atoms with van der Waals surface area (Å²) in [6.07, 6.45) is -0.533. The van der Waals surface area contributed by atoms with E-state index < -0.39 is 17.7 Å². The van der Waals surface area contributed by atoms with E-state index in [0.29, 0.717) is 23.1 Å². The minimum Gasteiger partial charge on any atom is -0.506 e. The zero-order valence-electron chi connectivity index (χ0n) is 14.1. The Morgan fingerprint density at radius 2 is 2.08 bits per heavy atom. The van der Waals surface area contributed by atoms with Crippen LogP contribution in [0.3, 0.4) is 0 Å². The monoisotopic (exact) mass is 366 g/mol. The summed E-state index contributed by atoms with van der Waals surface area (Å²) >= 11 is 6.08. The molecule has 7 nitrogen and oxygen atoms in total. The van der Waals surface area contributed by atoms with E-state index in [-0.39, 0.29) is 23.2 Å². The summed E-state index contributed by atoms with van der Waals surface area (Å²) in [5.41, 5.74) is 0.839. The van der Waals surface area contributed by atoms with Crippen LogP contribution in [0.4, 0.5) is 10.5 Å². The zero-order valence-corrected chi connectivity index (χ0v) is 14.8. The molecule has 1 aliphatic heterocycles. The predicted molar refractivity (Wildman–Crippen MR) is 94.0 cm³/mol. The van der Waals surface area contributed by atoms with Crippen molar-refractivity contribution in [2.75, 3.05) is 17.3 Å². The van der Waals surface area contributed by atoms with Gasteiger partial charge >= 0.3 is 12.1 Å². The number of halogens is 1. The quantitative estimate of drug-likeness (QED) is 0.704. The molecule has 1 aromatic heterocycles. The van der Waals surface area contributed by atoms with Gasteiger partial charge in [0.05, 0.1) is 11.2 Å². The van der Waals surface area contributed by atoms with Gasteiger partial charge in [0.15, 0.2) is 0 Å². The number of rotatable bonds is 2. The number of phenols is 1. The van der Waals surface area contributed by atoms with Crippen molar-refractivity contribution in [3.63, 3.8) is 0 Å². The number of amides is 1. The van der Waals surface area contributed by atoms with E-state index >= 15 is 0 Å². The second-order valence-corrected chi connectivity index (χ2v) is 7.36. The SMILES string of the molecule is CC(C)(C)OC(=O)N1C[C@@H](CCl)c2c1cc(O)c1[nH]c(C(=O)O)cc21. The topological polar surface area (TPSA) is 103 Å². The average Bonchev–Trinajstić information content (AvgIpc) is 3.06. The Labute approximate surface area is 149 Å². The molecule has 0 bridgehead atoms. The van der Waals surface area contributed by atoms with E-state index in [1.807, 2.05) is 0 Å². The first-order chi connectivity index (χ1) is 11.6. The van der Waals surface area contributed by atoms with E-state index in [4.69, 9.17) is 16.3 Å². The van der Waals surface area contributed by atoms with Gasteiger partial charge in [-0.25, -0.2) is 9.59 Å². The van der Waals surface area contributed by atoms with Crippen LogP contribution < -0.4 is 4.90 Å². The second kappa shape index (κ2) is 5.84. The third-order valence-corrected chi connectivity index (χ3v) is 4.42. The molecule has 3 rings (SSSR count). The molecule has 25 heavy (non-hydrogen) atoms. The molecule has 1 aromatic carbocycles. The Morgan fingerprint density at radius 1 is 1.40 bits per heavy atom. The second-order valence-electron chi connectivity index (χ2n) is 7.05. The third-order valence-electron chi connectivity index (χ3n) is 4.05. The highest BCUT2D eigenvalue weighted by molar-refractivity contribution is 6.19. The molecule has 3 N–H and O–H groups in total. The Balaban J connectivity index is 2.15. The van der Waals surface area contributed by atoms with Crippen LogP contribution >= 0.6 is 11.6 Å². The number of benzene rings is 1. The van der Waals surface area contributed by atoms with Crippen molar-refractivity contribution >= 4 is 40.3 Å². The molecular weight excluding hydrogens is 348 g/mol. The number of aromatic nitrogens is 1. The molecule has 1 atom stereocenters. The number of fused-ring (bicyclic) bond motifs is 3. The molecule has 1 aliphatic rings. The lowest BCUT2D eigenvalue weighted by Crippen LogP contribution is -2.36. The van der Waals surface area contributed by atoms with E-state index in [1.54, 1.807) is 20.8 Å². The Hall–Kier alpha value is -2.41. The van der Waals surface area contributed by atoms with Gasteiger partial charge < -0.3 is 19.9 Å². The molecule has 8 heteroatoms. The Kier molecular flexibility index (Phi) is 4.07. The number of nitrogens with zero attached hydrogens (tertiary/aromatic N) is 1. The van der Waals surface area contributed by atoms with Gasteiger partial charge in [0, 0.05) is 29.8 Å². The number of aromatic amines is 1. The van der Waals surface area contributed by atoms with E-state index in [0.717, 1.165) is 5.56 Å². The van der Waals surface area contributed by atoms with Gasteiger partial charge in [-0.2, -0.15) is 0 Å². The van der Waals surface area contributed by atoms with Crippen LogP contribution in [-0.4, -0.2) is 45.3 Å². The van der Waals surface area contributed by atoms with Crippen LogP contribution in [0.2, 0.25) is 0 Å².